The molecule has 0 saturated carbocycles. The maximum Gasteiger partial charge on any atom is 0.123 e. The number of aryl methyl sites for hydroxylation is 1. The second-order valence-electron chi connectivity index (χ2n) is 1.89. The topological polar surface area (TPSA) is 0 Å². The molecule has 0 N–H and O–H groups in total. The summed E-state index contributed by atoms with van der Waals surface area (Å²) in [4.78, 5) is 0. The number of hydrogen-bond acceptors (Lipinski definition) is 0. The Bertz CT molecular complexity index is 225. The third-order valence-electron chi connectivity index (χ3n) is 1.12. The van der Waals surface area contributed by atoms with E-state index in [0.29, 0.717) is 5.02 Å². The first-order valence-corrected chi connectivity index (χ1v) is 2.99. The Balaban J connectivity index is 0.000000810. The zero-order valence-corrected chi connectivity index (χ0v) is 9.42. The first kappa shape index (κ1) is 10.1. The molecular formula is C7H6ClFZn. The molecule has 0 unspecified atom stereocenters. The average Bonchev–Trinajstić information content (AvgIpc) is 1.80. The molecule has 0 aliphatic heterocycles. The van der Waals surface area contributed by atoms with Gasteiger partial charge in [-0.2, -0.15) is 0 Å². The minimum absolute atomic E-state index is 0. The normalized spacial score (nSPS) is 8.70. The standard InChI is InChI=1S/C7H6ClF.Zn/c1-5-4-6(9)2-3-7(5)8;/h2-4H,1H3;. The van der Waals surface area contributed by atoms with Gasteiger partial charge in [-0.25, -0.2) is 4.39 Å². The van der Waals surface area contributed by atoms with E-state index in [2.05, 4.69) is 0 Å². The summed E-state index contributed by atoms with van der Waals surface area (Å²) in [6, 6.07) is 4.30. The Morgan fingerprint density at radius 3 is 2.40 bits per heavy atom. The molecule has 0 aromatic heterocycles. The summed E-state index contributed by atoms with van der Waals surface area (Å²) >= 11 is 5.61. The van der Waals surface area contributed by atoms with Gasteiger partial charge in [-0.3, -0.25) is 0 Å². The second-order valence-corrected chi connectivity index (χ2v) is 2.30. The van der Waals surface area contributed by atoms with Crippen molar-refractivity contribution in [2.75, 3.05) is 0 Å². The molecular weight excluding hydrogens is 204 g/mol. The van der Waals surface area contributed by atoms with Crippen LogP contribution in [0.15, 0.2) is 18.2 Å². The van der Waals surface area contributed by atoms with Crippen molar-refractivity contribution in [3.05, 3.63) is 34.6 Å². The average molecular weight is 210 g/mol. The van der Waals surface area contributed by atoms with E-state index in [1.54, 1.807) is 13.0 Å². The molecule has 1 aromatic carbocycles. The van der Waals surface area contributed by atoms with Crippen LogP contribution in [-0.2, 0) is 19.5 Å². The van der Waals surface area contributed by atoms with Crippen LogP contribution in [0.5, 0.6) is 0 Å². The van der Waals surface area contributed by atoms with E-state index >= 15 is 0 Å². The Morgan fingerprint density at radius 1 is 1.40 bits per heavy atom. The van der Waals surface area contributed by atoms with Gasteiger partial charge < -0.3 is 0 Å². The van der Waals surface area contributed by atoms with E-state index in [4.69, 9.17) is 11.6 Å². The van der Waals surface area contributed by atoms with Gasteiger partial charge in [-0.05, 0) is 30.7 Å². The number of hydrogen-bond donors (Lipinski definition) is 0. The summed E-state index contributed by atoms with van der Waals surface area (Å²) in [5.74, 6) is -0.239. The minimum atomic E-state index is -0.239. The summed E-state index contributed by atoms with van der Waals surface area (Å²) in [6.45, 7) is 1.77. The van der Waals surface area contributed by atoms with Crippen LogP contribution in [0, 0.1) is 12.7 Å². The van der Waals surface area contributed by atoms with Gasteiger partial charge in [0.15, 0.2) is 0 Å². The predicted molar refractivity (Wildman–Crippen MR) is 36.1 cm³/mol. The SMILES string of the molecule is Cc1cc(F)ccc1Cl.[Zn]. The molecule has 0 atom stereocenters. The quantitative estimate of drug-likeness (QED) is 0.577. The Hall–Kier alpha value is 0.0634. The molecule has 0 nitrogen and oxygen atoms in total. The predicted octanol–water partition coefficient (Wildman–Crippen LogP) is 2.79. The van der Waals surface area contributed by atoms with Gasteiger partial charge in [0, 0.05) is 24.5 Å². The van der Waals surface area contributed by atoms with Gasteiger partial charge in [-0.1, -0.05) is 11.6 Å². The summed E-state index contributed by atoms with van der Waals surface area (Å²) in [6.07, 6.45) is 0. The Morgan fingerprint density at radius 2 is 2.00 bits per heavy atom. The zero-order chi connectivity index (χ0) is 6.85. The number of halogens is 2. The fraction of sp³-hybridized carbons (Fsp3) is 0.143. The van der Waals surface area contributed by atoms with Crippen molar-refractivity contribution >= 4 is 11.6 Å². The van der Waals surface area contributed by atoms with E-state index in [1.807, 2.05) is 0 Å². The molecule has 0 bridgehead atoms. The Labute approximate surface area is 77.1 Å². The summed E-state index contributed by atoms with van der Waals surface area (Å²) < 4.78 is 12.3. The van der Waals surface area contributed by atoms with Crippen molar-refractivity contribution in [2.24, 2.45) is 0 Å². The molecule has 1 aromatic rings. The van der Waals surface area contributed by atoms with Gasteiger partial charge in [0.1, 0.15) is 5.82 Å². The molecule has 0 fully saturated rings. The van der Waals surface area contributed by atoms with Crippen molar-refractivity contribution in [1.82, 2.24) is 0 Å². The molecule has 50 valence electrons. The van der Waals surface area contributed by atoms with Crippen LogP contribution in [0.4, 0.5) is 4.39 Å². The first-order chi connectivity index (χ1) is 4.20. The van der Waals surface area contributed by atoms with Crippen molar-refractivity contribution in [1.29, 1.82) is 0 Å². The van der Waals surface area contributed by atoms with Crippen LogP contribution in [0.3, 0.4) is 0 Å². The number of rotatable bonds is 0. The van der Waals surface area contributed by atoms with Crippen LogP contribution in [0.25, 0.3) is 0 Å². The van der Waals surface area contributed by atoms with E-state index in [0.717, 1.165) is 5.56 Å². The van der Waals surface area contributed by atoms with Crippen molar-refractivity contribution in [2.45, 2.75) is 6.92 Å². The van der Waals surface area contributed by atoms with Crippen LogP contribution < -0.4 is 0 Å². The molecule has 10 heavy (non-hydrogen) atoms. The number of benzene rings is 1. The van der Waals surface area contributed by atoms with Gasteiger partial charge in [0.05, 0.1) is 0 Å². The van der Waals surface area contributed by atoms with Gasteiger partial charge in [0.2, 0.25) is 0 Å². The molecule has 0 radical (unpaired) electrons. The first-order valence-electron chi connectivity index (χ1n) is 2.62. The monoisotopic (exact) mass is 208 g/mol. The van der Waals surface area contributed by atoms with Crippen LogP contribution in [0.1, 0.15) is 5.56 Å². The molecule has 0 heterocycles. The third-order valence-corrected chi connectivity index (χ3v) is 1.54. The summed E-state index contributed by atoms with van der Waals surface area (Å²) in [5, 5.41) is 0.608. The van der Waals surface area contributed by atoms with Crippen LogP contribution in [-0.4, -0.2) is 0 Å². The molecule has 1 rings (SSSR count). The fourth-order valence-corrected chi connectivity index (χ4v) is 0.726. The van der Waals surface area contributed by atoms with Crippen molar-refractivity contribution < 1.29 is 23.9 Å². The summed E-state index contributed by atoms with van der Waals surface area (Å²) in [7, 11) is 0. The smallest absolute Gasteiger partial charge is 0.123 e. The summed E-state index contributed by atoms with van der Waals surface area (Å²) in [5.41, 5.74) is 0.775. The molecule has 0 aliphatic rings. The van der Waals surface area contributed by atoms with Crippen molar-refractivity contribution in [3.8, 4) is 0 Å². The third kappa shape index (κ3) is 2.36. The molecule has 3 heteroatoms. The van der Waals surface area contributed by atoms with Crippen LogP contribution >= 0.6 is 11.6 Å². The van der Waals surface area contributed by atoms with Crippen molar-refractivity contribution in [3.63, 3.8) is 0 Å². The molecule has 0 aliphatic carbocycles. The van der Waals surface area contributed by atoms with E-state index in [-0.39, 0.29) is 25.3 Å². The maximum atomic E-state index is 12.3. The maximum absolute atomic E-state index is 12.3. The Kier molecular flexibility index (Phi) is 4.08. The van der Waals surface area contributed by atoms with Gasteiger partial charge >= 0.3 is 0 Å². The fourth-order valence-electron chi connectivity index (χ4n) is 0.608. The second kappa shape index (κ2) is 4.05. The van der Waals surface area contributed by atoms with Crippen LogP contribution in [0.2, 0.25) is 5.02 Å². The minimum Gasteiger partial charge on any atom is -0.207 e. The van der Waals surface area contributed by atoms with Gasteiger partial charge in [0.25, 0.3) is 0 Å². The zero-order valence-electron chi connectivity index (χ0n) is 5.70. The van der Waals surface area contributed by atoms with E-state index in [9.17, 15) is 4.39 Å². The molecule has 0 saturated heterocycles. The van der Waals surface area contributed by atoms with Gasteiger partial charge in [-0.15, -0.1) is 0 Å². The largest absolute Gasteiger partial charge is 0.207 e. The molecule has 0 amide bonds. The van der Waals surface area contributed by atoms with E-state index in [1.165, 1.54) is 12.1 Å². The van der Waals surface area contributed by atoms with E-state index < -0.39 is 0 Å². The molecule has 0 spiro atoms.